The minimum atomic E-state index is 0.480. The van der Waals surface area contributed by atoms with Crippen molar-refractivity contribution in [3.05, 3.63) is 29.4 Å². The molecule has 0 aromatic carbocycles. The lowest BCUT2D eigenvalue weighted by Crippen LogP contribution is -2.26. The Labute approximate surface area is 98.7 Å². The van der Waals surface area contributed by atoms with Crippen LogP contribution in [0.1, 0.15) is 24.5 Å². The van der Waals surface area contributed by atoms with E-state index in [-0.39, 0.29) is 0 Å². The Morgan fingerprint density at radius 3 is 2.94 bits per heavy atom. The van der Waals surface area contributed by atoms with Crippen LogP contribution >= 0.6 is 11.6 Å². The van der Waals surface area contributed by atoms with Crippen LogP contribution in [-0.2, 0) is 0 Å². The molecule has 16 heavy (non-hydrogen) atoms. The molecule has 4 nitrogen and oxygen atoms in total. The number of rotatable bonds is 1. The Balaban J connectivity index is 2.05. The second-order valence-corrected chi connectivity index (χ2v) is 4.48. The normalized spacial score (nSPS) is 18.1. The third-order valence-electron chi connectivity index (χ3n) is 3.12. The lowest BCUT2D eigenvalue weighted by atomic mass is 9.95. The SMILES string of the molecule is Clc1c(C2CCNCC2)nc2ccncn12. The molecule has 3 rings (SSSR count). The van der Waals surface area contributed by atoms with Gasteiger partial charge in [-0.25, -0.2) is 9.97 Å². The summed E-state index contributed by atoms with van der Waals surface area (Å²) in [6, 6.07) is 1.89. The van der Waals surface area contributed by atoms with E-state index in [1.165, 1.54) is 0 Å². The van der Waals surface area contributed by atoms with Crippen LogP contribution in [0.2, 0.25) is 5.15 Å². The van der Waals surface area contributed by atoms with Crippen LogP contribution in [0.5, 0.6) is 0 Å². The van der Waals surface area contributed by atoms with Crippen molar-refractivity contribution < 1.29 is 0 Å². The smallest absolute Gasteiger partial charge is 0.140 e. The van der Waals surface area contributed by atoms with Crippen LogP contribution in [0.25, 0.3) is 5.65 Å². The van der Waals surface area contributed by atoms with E-state index in [2.05, 4.69) is 15.3 Å². The fourth-order valence-electron chi connectivity index (χ4n) is 2.24. The van der Waals surface area contributed by atoms with E-state index in [4.69, 9.17) is 11.6 Å². The van der Waals surface area contributed by atoms with Crippen molar-refractivity contribution >= 4 is 17.2 Å². The highest BCUT2D eigenvalue weighted by atomic mass is 35.5. The Hall–Kier alpha value is -1.13. The van der Waals surface area contributed by atoms with Gasteiger partial charge in [0.15, 0.2) is 0 Å². The zero-order valence-corrected chi connectivity index (χ0v) is 9.61. The number of halogens is 1. The minimum Gasteiger partial charge on any atom is -0.317 e. The van der Waals surface area contributed by atoms with Gasteiger partial charge in [0.05, 0.1) is 5.69 Å². The molecule has 1 saturated heterocycles. The van der Waals surface area contributed by atoms with Crippen molar-refractivity contribution in [2.45, 2.75) is 18.8 Å². The van der Waals surface area contributed by atoms with Crippen LogP contribution in [0.15, 0.2) is 18.6 Å². The molecule has 1 N–H and O–H groups in total. The number of piperidine rings is 1. The van der Waals surface area contributed by atoms with E-state index in [1.54, 1.807) is 12.5 Å². The van der Waals surface area contributed by atoms with Crippen molar-refractivity contribution in [1.82, 2.24) is 19.7 Å². The molecule has 1 aliphatic rings. The third-order valence-corrected chi connectivity index (χ3v) is 3.50. The van der Waals surface area contributed by atoms with Gasteiger partial charge in [-0.15, -0.1) is 0 Å². The second kappa shape index (κ2) is 4.03. The number of hydrogen-bond donors (Lipinski definition) is 1. The summed E-state index contributed by atoms with van der Waals surface area (Å²) in [5.74, 6) is 0.480. The average Bonchev–Trinajstić information content (AvgIpc) is 2.69. The van der Waals surface area contributed by atoms with Gasteiger partial charge < -0.3 is 5.32 Å². The number of fused-ring (bicyclic) bond motifs is 1. The van der Waals surface area contributed by atoms with Crippen LogP contribution in [0.3, 0.4) is 0 Å². The van der Waals surface area contributed by atoms with Gasteiger partial charge in [-0.2, -0.15) is 0 Å². The Kier molecular flexibility index (Phi) is 2.53. The lowest BCUT2D eigenvalue weighted by molar-refractivity contribution is 0.454. The lowest BCUT2D eigenvalue weighted by Gasteiger charge is -2.20. The van der Waals surface area contributed by atoms with Crippen molar-refractivity contribution in [1.29, 1.82) is 0 Å². The molecule has 0 atom stereocenters. The molecule has 84 valence electrons. The highest BCUT2D eigenvalue weighted by Crippen LogP contribution is 2.30. The first-order valence-electron chi connectivity index (χ1n) is 5.54. The van der Waals surface area contributed by atoms with Gasteiger partial charge in [-0.1, -0.05) is 11.6 Å². The van der Waals surface area contributed by atoms with Gasteiger partial charge in [0.25, 0.3) is 0 Å². The quantitative estimate of drug-likeness (QED) is 0.822. The third kappa shape index (κ3) is 1.58. The second-order valence-electron chi connectivity index (χ2n) is 4.12. The fraction of sp³-hybridized carbons (Fsp3) is 0.455. The van der Waals surface area contributed by atoms with Crippen molar-refractivity contribution in [2.75, 3.05) is 13.1 Å². The standard InChI is InChI=1S/C11H13ClN4/c12-11-10(8-1-4-13-5-2-8)15-9-3-6-14-7-16(9)11/h3,6-8,13H,1-2,4-5H2. The molecule has 2 aromatic rings. The highest BCUT2D eigenvalue weighted by molar-refractivity contribution is 6.30. The fourth-order valence-corrected chi connectivity index (χ4v) is 2.57. The summed E-state index contributed by atoms with van der Waals surface area (Å²) in [5.41, 5.74) is 1.91. The maximum absolute atomic E-state index is 6.33. The molecule has 5 heteroatoms. The van der Waals surface area contributed by atoms with Crippen LogP contribution in [0.4, 0.5) is 0 Å². The maximum Gasteiger partial charge on any atom is 0.140 e. The first-order chi connectivity index (χ1) is 7.86. The van der Waals surface area contributed by atoms with Crippen molar-refractivity contribution in [3.63, 3.8) is 0 Å². The van der Waals surface area contributed by atoms with E-state index in [9.17, 15) is 0 Å². The Morgan fingerprint density at radius 1 is 1.38 bits per heavy atom. The van der Waals surface area contributed by atoms with Gasteiger partial charge in [0.1, 0.15) is 17.1 Å². The minimum absolute atomic E-state index is 0.480. The summed E-state index contributed by atoms with van der Waals surface area (Å²) >= 11 is 6.33. The average molecular weight is 237 g/mol. The summed E-state index contributed by atoms with van der Waals surface area (Å²) in [7, 11) is 0. The molecule has 2 aromatic heterocycles. The van der Waals surface area contributed by atoms with E-state index in [0.717, 1.165) is 42.4 Å². The monoisotopic (exact) mass is 236 g/mol. The first kappa shape index (κ1) is 10.1. The number of nitrogens with one attached hydrogen (secondary N) is 1. The number of imidazole rings is 1. The summed E-state index contributed by atoms with van der Waals surface area (Å²) in [6.07, 6.45) is 5.67. The molecule has 0 spiro atoms. The van der Waals surface area contributed by atoms with Gasteiger partial charge >= 0.3 is 0 Å². The molecule has 0 bridgehead atoms. The molecule has 0 unspecified atom stereocenters. The van der Waals surface area contributed by atoms with E-state index < -0.39 is 0 Å². The highest BCUT2D eigenvalue weighted by Gasteiger charge is 2.21. The van der Waals surface area contributed by atoms with Crippen LogP contribution in [0, 0.1) is 0 Å². The molecule has 1 fully saturated rings. The van der Waals surface area contributed by atoms with E-state index in [1.807, 2.05) is 10.5 Å². The molecule has 3 heterocycles. The first-order valence-corrected chi connectivity index (χ1v) is 5.92. The summed E-state index contributed by atoms with van der Waals surface area (Å²) < 4.78 is 1.85. The van der Waals surface area contributed by atoms with E-state index in [0.29, 0.717) is 5.92 Å². The molecular weight excluding hydrogens is 224 g/mol. The number of aromatic nitrogens is 3. The molecule has 0 radical (unpaired) electrons. The van der Waals surface area contributed by atoms with Gasteiger partial charge in [-0.05, 0) is 32.0 Å². The van der Waals surface area contributed by atoms with E-state index >= 15 is 0 Å². The van der Waals surface area contributed by atoms with Gasteiger partial charge in [0, 0.05) is 12.1 Å². The molecule has 0 amide bonds. The Bertz CT molecular complexity index is 502. The largest absolute Gasteiger partial charge is 0.317 e. The molecule has 0 aliphatic carbocycles. The number of nitrogens with zero attached hydrogens (tertiary/aromatic N) is 3. The van der Waals surface area contributed by atoms with Crippen molar-refractivity contribution in [3.8, 4) is 0 Å². The van der Waals surface area contributed by atoms with Gasteiger partial charge in [0.2, 0.25) is 0 Å². The number of hydrogen-bond acceptors (Lipinski definition) is 3. The van der Waals surface area contributed by atoms with Gasteiger partial charge in [-0.3, -0.25) is 4.40 Å². The molecule has 0 saturated carbocycles. The summed E-state index contributed by atoms with van der Waals surface area (Å²) in [6.45, 7) is 2.10. The molecular formula is C11H13ClN4. The zero-order valence-electron chi connectivity index (χ0n) is 8.86. The predicted octanol–water partition coefficient (Wildman–Crippen LogP) is 1.85. The summed E-state index contributed by atoms with van der Waals surface area (Å²) in [4.78, 5) is 8.66. The topological polar surface area (TPSA) is 42.2 Å². The summed E-state index contributed by atoms with van der Waals surface area (Å²) in [5, 5.41) is 4.07. The zero-order chi connectivity index (χ0) is 11.0. The van der Waals surface area contributed by atoms with Crippen molar-refractivity contribution in [2.24, 2.45) is 0 Å². The maximum atomic E-state index is 6.33. The Morgan fingerprint density at radius 2 is 2.19 bits per heavy atom. The van der Waals surface area contributed by atoms with Crippen LogP contribution in [-0.4, -0.2) is 27.5 Å². The predicted molar refractivity (Wildman–Crippen MR) is 62.8 cm³/mol. The van der Waals surface area contributed by atoms with Crippen LogP contribution < -0.4 is 5.32 Å². The molecule has 1 aliphatic heterocycles.